The SMILES string of the molecule is COC(=O)[C@@H]1C2CCC(C(=O)OC)(CC2)[C@@H]1C(=O)OC. The fourth-order valence-corrected chi connectivity index (χ4v) is 3.94. The standard InChI is InChI=1S/C14H20O6/c1-18-11(15)9-8-4-6-14(7-5-8,13(17)20-3)10(9)12(16)19-2/h8-10H,4-7H2,1-3H3/t8?,9-,10+,14?/m1/s1. The molecule has 0 aliphatic heterocycles. The number of rotatable bonds is 3. The van der Waals surface area contributed by atoms with Gasteiger partial charge in [0.15, 0.2) is 0 Å². The lowest BCUT2D eigenvalue weighted by Crippen LogP contribution is -2.58. The number of ether oxygens (including phenoxy) is 3. The molecule has 112 valence electrons. The maximum absolute atomic E-state index is 12.2. The van der Waals surface area contributed by atoms with Gasteiger partial charge in [-0.05, 0) is 31.6 Å². The van der Waals surface area contributed by atoms with Crippen LogP contribution in [0.4, 0.5) is 0 Å². The van der Waals surface area contributed by atoms with Crippen molar-refractivity contribution in [1.82, 2.24) is 0 Å². The summed E-state index contributed by atoms with van der Waals surface area (Å²) >= 11 is 0. The molecule has 3 aliphatic carbocycles. The molecule has 3 saturated carbocycles. The minimum absolute atomic E-state index is 0.0677. The largest absolute Gasteiger partial charge is 0.469 e. The first-order valence-electron chi connectivity index (χ1n) is 6.76. The summed E-state index contributed by atoms with van der Waals surface area (Å²) in [5.74, 6) is -2.76. The van der Waals surface area contributed by atoms with E-state index in [1.54, 1.807) is 0 Å². The van der Waals surface area contributed by atoms with Crippen molar-refractivity contribution in [3.8, 4) is 0 Å². The van der Waals surface area contributed by atoms with Gasteiger partial charge in [-0.1, -0.05) is 0 Å². The van der Waals surface area contributed by atoms with Gasteiger partial charge < -0.3 is 14.2 Å². The Kier molecular flexibility index (Phi) is 4.01. The Labute approximate surface area is 117 Å². The Hall–Kier alpha value is -1.59. The minimum Gasteiger partial charge on any atom is -0.469 e. The van der Waals surface area contributed by atoms with E-state index in [1.165, 1.54) is 21.3 Å². The topological polar surface area (TPSA) is 78.9 Å². The Morgan fingerprint density at radius 2 is 1.45 bits per heavy atom. The molecule has 0 amide bonds. The highest BCUT2D eigenvalue weighted by Gasteiger charge is 2.63. The normalized spacial score (nSPS) is 35.2. The van der Waals surface area contributed by atoms with Crippen LogP contribution in [0.15, 0.2) is 0 Å². The summed E-state index contributed by atoms with van der Waals surface area (Å²) in [7, 11) is 3.87. The third-order valence-corrected chi connectivity index (χ3v) is 4.91. The summed E-state index contributed by atoms with van der Waals surface area (Å²) in [6.07, 6.45) is 2.56. The Balaban J connectivity index is 2.46. The highest BCUT2D eigenvalue weighted by Crippen LogP contribution is 2.57. The maximum atomic E-state index is 12.2. The molecule has 0 aromatic rings. The molecular weight excluding hydrogens is 264 g/mol. The lowest BCUT2D eigenvalue weighted by molar-refractivity contribution is -0.191. The molecule has 0 spiro atoms. The Bertz CT molecular complexity index is 421. The zero-order valence-corrected chi connectivity index (χ0v) is 12.0. The number of hydrogen-bond donors (Lipinski definition) is 0. The van der Waals surface area contributed by atoms with Crippen molar-refractivity contribution in [2.24, 2.45) is 23.2 Å². The van der Waals surface area contributed by atoms with Crippen molar-refractivity contribution in [2.45, 2.75) is 25.7 Å². The van der Waals surface area contributed by atoms with Gasteiger partial charge in [0, 0.05) is 0 Å². The van der Waals surface area contributed by atoms with Gasteiger partial charge in [-0.2, -0.15) is 0 Å². The predicted molar refractivity (Wildman–Crippen MR) is 67.4 cm³/mol. The first kappa shape index (κ1) is 14.8. The van der Waals surface area contributed by atoms with Crippen molar-refractivity contribution in [2.75, 3.05) is 21.3 Å². The second-order valence-corrected chi connectivity index (χ2v) is 5.53. The van der Waals surface area contributed by atoms with Crippen LogP contribution < -0.4 is 0 Å². The van der Waals surface area contributed by atoms with Gasteiger partial charge in [0.1, 0.15) is 0 Å². The molecule has 2 atom stereocenters. The monoisotopic (exact) mass is 284 g/mol. The van der Waals surface area contributed by atoms with Crippen LogP contribution in [-0.2, 0) is 28.6 Å². The molecule has 20 heavy (non-hydrogen) atoms. The third kappa shape index (κ3) is 1.98. The first-order valence-corrected chi connectivity index (χ1v) is 6.76. The molecule has 0 radical (unpaired) electrons. The van der Waals surface area contributed by atoms with Crippen LogP contribution in [0.3, 0.4) is 0 Å². The zero-order chi connectivity index (χ0) is 14.9. The highest BCUT2D eigenvalue weighted by molar-refractivity contribution is 5.90. The average Bonchev–Trinajstić information content (AvgIpc) is 2.52. The number of hydrogen-bond acceptors (Lipinski definition) is 6. The number of esters is 3. The number of carbonyl (C=O) groups is 3. The van der Waals surface area contributed by atoms with Crippen molar-refractivity contribution < 1.29 is 28.6 Å². The van der Waals surface area contributed by atoms with Gasteiger partial charge in [0.2, 0.25) is 0 Å². The number of fused-ring (bicyclic) bond motifs is 3. The van der Waals surface area contributed by atoms with Gasteiger partial charge in [0.25, 0.3) is 0 Å². The fourth-order valence-electron chi connectivity index (χ4n) is 3.94. The number of carbonyl (C=O) groups excluding carboxylic acids is 3. The van der Waals surface area contributed by atoms with Gasteiger partial charge in [-0.15, -0.1) is 0 Å². The molecule has 6 heteroatoms. The van der Waals surface area contributed by atoms with Crippen LogP contribution in [-0.4, -0.2) is 39.2 Å². The van der Waals surface area contributed by atoms with Crippen LogP contribution in [0, 0.1) is 23.2 Å². The van der Waals surface area contributed by atoms with Crippen molar-refractivity contribution in [3.63, 3.8) is 0 Å². The summed E-state index contributed by atoms with van der Waals surface area (Å²) in [4.78, 5) is 36.5. The predicted octanol–water partition coefficient (Wildman–Crippen LogP) is 0.928. The molecule has 0 heterocycles. The van der Waals surface area contributed by atoms with Crippen LogP contribution >= 0.6 is 0 Å². The van der Waals surface area contributed by atoms with Gasteiger partial charge in [0.05, 0.1) is 38.6 Å². The van der Waals surface area contributed by atoms with E-state index in [4.69, 9.17) is 14.2 Å². The quantitative estimate of drug-likeness (QED) is 0.566. The van der Waals surface area contributed by atoms with E-state index >= 15 is 0 Å². The van der Waals surface area contributed by atoms with Gasteiger partial charge >= 0.3 is 17.9 Å². The van der Waals surface area contributed by atoms with Crippen LogP contribution in [0.2, 0.25) is 0 Å². The Morgan fingerprint density at radius 3 is 1.90 bits per heavy atom. The van der Waals surface area contributed by atoms with Crippen molar-refractivity contribution in [3.05, 3.63) is 0 Å². The lowest BCUT2D eigenvalue weighted by atomic mass is 9.50. The second-order valence-electron chi connectivity index (χ2n) is 5.53. The summed E-state index contributed by atoms with van der Waals surface area (Å²) in [6, 6.07) is 0. The zero-order valence-electron chi connectivity index (χ0n) is 12.0. The smallest absolute Gasteiger partial charge is 0.312 e. The molecule has 0 saturated heterocycles. The molecule has 0 aromatic carbocycles. The molecule has 6 nitrogen and oxygen atoms in total. The lowest BCUT2D eigenvalue weighted by Gasteiger charge is -2.51. The molecular formula is C14H20O6. The first-order chi connectivity index (χ1) is 9.51. The minimum atomic E-state index is -0.949. The van der Waals surface area contributed by atoms with E-state index in [0.29, 0.717) is 12.8 Å². The fraction of sp³-hybridized carbons (Fsp3) is 0.786. The van der Waals surface area contributed by atoms with Gasteiger partial charge in [-0.25, -0.2) is 0 Å². The molecule has 3 fully saturated rings. The van der Waals surface area contributed by atoms with Crippen LogP contribution in [0.1, 0.15) is 25.7 Å². The van der Waals surface area contributed by atoms with E-state index in [9.17, 15) is 14.4 Å². The number of methoxy groups -OCH3 is 3. The van der Waals surface area contributed by atoms with Gasteiger partial charge in [-0.3, -0.25) is 14.4 Å². The molecule has 0 aromatic heterocycles. The summed E-state index contributed by atoms with van der Waals surface area (Å²) < 4.78 is 14.6. The summed E-state index contributed by atoms with van der Waals surface area (Å²) in [6.45, 7) is 0. The van der Waals surface area contributed by atoms with Crippen molar-refractivity contribution >= 4 is 17.9 Å². The second kappa shape index (κ2) is 5.42. The Morgan fingerprint density at radius 1 is 0.900 bits per heavy atom. The third-order valence-electron chi connectivity index (χ3n) is 4.91. The van der Waals surface area contributed by atoms with E-state index in [1.807, 2.05) is 0 Å². The van der Waals surface area contributed by atoms with E-state index in [0.717, 1.165) is 12.8 Å². The molecule has 0 unspecified atom stereocenters. The molecule has 2 bridgehead atoms. The van der Waals surface area contributed by atoms with Crippen LogP contribution in [0.25, 0.3) is 0 Å². The van der Waals surface area contributed by atoms with E-state index in [2.05, 4.69) is 0 Å². The summed E-state index contributed by atoms with van der Waals surface area (Å²) in [5.41, 5.74) is -0.949. The average molecular weight is 284 g/mol. The van der Waals surface area contributed by atoms with E-state index < -0.39 is 35.2 Å². The summed E-state index contributed by atoms with van der Waals surface area (Å²) in [5, 5.41) is 0. The van der Waals surface area contributed by atoms with Crippen molar-refractivity contribution in [1.29, 1.82) is 0 Å². The molecule has 3 aliphatic rings. The molecule has 3 rings (SSSR count). The highest BCUT2D eigenvalue weighted by atomic mass is 16.5. The molecule has 0 N–H and O–H groups in total. The maximum Gasteiger partial charge on any atom is 0.312 e. The van der Waals surface area contributed by atoms with E-state index in [-0.39, 0.29) is 5.92 Å². The van der Waals surface area contributed by atoms with Crippen LogP contribution in [0.5, 0.6) is 0 Å².